The molecule has 0 bridgehead atoms. The summed E-state index contributed by atoms with van der Waals surface area (Å²) < 4.78 is 14.1. The number of nitrogens with zero attached hydrogens (tertiary/aromatic N) is 4. The first-order valence-electron chi connectivity index (χ1n) is 10.7. The highest BCUT2D eigenvalue weighted by Gasteiger charge is 2.22. The van der Waals surface area contributed by atoms with Gasteiger partial charge in [0.05, 0.1) is 56.1 Å². The summed E-state index contributed by atoms with van der Waals surface area (Å²) in [4.78, 5) is 12.6. The van der Waals surface area contributed by atoms with E-state index >= 15 is 0 Å². The molecule has 5 rings (SSSR count). The summed E-state index contributed by atoms with van der Waals surface area (Å²) in [5, 5.41) is 17.7. The lowest BCUT2D eigenvalue weighted by Crippen LogP contribution is -2.33. The minimum absolute atomic E-state index is 0.265. The van der Waals surface area contributed by atoms with E-state index in [4.69, 9.17) is 23.2 Å². The Bertz CT molecular complexity index is 1550. The van der Waals surface area contributed by atoms with E-state index in [0.717, 1.165) is 11.3 Å². The van der Waals surface area contributed by atoms with Gasteiger partial charge < -0.3 is 21.5 Å². The molecule has 0 amide bonds. The predicted octanol–water partition coefficient (Wildman–Crippen LogP) is 5.00. The first-order chi connectivity index (χ1) is 17.4. The van der Waals surface area contributed by atoms with Crippen LogP contribution >= 0.6 is 23.2 Å². The molecule has 1 aliphatic rings. The quantitative estimate of drug-likeness (QED) is 0.238. The van der Waals surface area contributed by atoms with Crippen LogP contribution in [0.2, 0.25) is 10.0 Å². The van der Waals surface area contributed by atoms with Crippen LogP contribution in [0.15, 0.2) is 60.9 Å². The number of hydrogen-bond acceptors (Lipinski definition) is 9. The van der Waals surface area contributed by atoms with Gasteiger partial charge in [-0.2, -0.15) is 10.8 Å². The summed E-state index contributed by atoms with van der Waals surface area (Å²) in [5.41, 5.74) is 12.8. The normalized spacial score (nSPS) is 13.4. The molecule has 0 spiro atoms. The molecule has 9 nitrogen and oxygen atoms in total. The van der Waals surface area contributed by atoms with Crippen LogP contribution in [0.25, 0.3) is 10.9 Å². The Kier molecular flexibility index (Phi) is 6.43. The largest absolute Gasteiger partial charge is 0.373 e. The molecule has 1 aromatic carbocycles. The Hall–Kier alpha value is -4.17. The van der Waals surface area contributed by atoms with E-state index in [-0.39, 0.29) is 17.3 Å². The van der Waals surface area contributed by atoms with E-state index in [1.807, 2.05) is 6.07 Å². The molecule has 4 aromatic rings. The molecule has 1 aliphatic heterocycles. The summed E-state index contributed by atoms with van der Waals surface area (Å²) in [6.45, 7) is 1.57. The second kappa shape index (κ2) is 9.83. The highest BCUT2D eigenvalue weighted by Crippen LogP contribution is 2.36. The van der Waals surface area contributed by atoms with Crippen LogP contribution in [0.3, 0.4) is 0 Å². The number of aryl methyl sites for hydroxylation is 1. The van der Waals surface area contributed by atoms with Crippen LogP contribution in [0, 0.1) is 24.1 Å². The number of nitriles is 1. The maximum absolute atomic E-state index is 14.1. The van der Waals surface area contributed by atoms with Crippen molar-refractivity contribution in [1.29, 1.82) is 5.26 Å². The smallest absolute Gasteiger partial charge is 0.146 e. The number of hydrogen-bond donors (Lipinski definition) is 5. The van der Waals surface area contributed by atoms with Gasteiger partial charge >= 0.3 is 0 Å². The van der Waals surface area contributed by atoms with Crippen LogP contribution in [0.4, 0.5) is 21.5 Å². The van der Waals surface area contributed by atoms with Gasteiger partial charge in [-0.15, -0.1) is 0 Å². The van der Waals surface area contributed by atoms with Gasteiger partial charge in [-0.3, -0.25) is 15.0 Å². The SMILES string of the molecule is Cc1ncc(Nc2c(C#N)cnc3c(Cl)cc(N[C@H](C4=CNNN4)c4cncc(Cl)c4)cc23)cc1F. The van der Waals surface area contributed by atoms with E-state index in [9.17, 15) is 9.65 Å². The second-order valence-corrected chi connectivity index (χ2v) is 8.78. The van der Waals surface area contributed by atoms with E-state index in [1.165, 1.54) is 18.5 Å². The van der Waals surface area contributed by atoms with Gasteiger partial charge in [-0.05, 0) is 25.1 Å². The van der Waals surface area contributed by atoms with Gasteiger partial charge in [-0.25, -0.2) is 4.39 Å². The van der Waals surface area contributed by atoms with E-state index in [0.29, 0.717) is 38.0 Å². The molecule has 180 valence electrons. The average molecular weight is 522 g/mol. The molecule has 36 heavy (non-hydrogen) atoms. The van der Waals surface area contributed by atoms with E-state index < -0.39 is 5.82 Å². The van der Waals surface area contributed by atoms with Gasteiger partial charge in [0.1, 0.15) is 11.9 Å². The number of hydrazine groups is 2. The number of halogens is 3. The standard InChI is InChI=1S/C24H18Cl2FN9/c1-12-20(27)5-17(10-30-12)34-22-14(6-28)8-31-24-18(22)3-16(4-19(24)26)33-23(21-11-32-36-35-21)13-2-15(25)9-29-7-13/h2-5,7-11,23,32-33,35-36H,1H3,(H,31,34)/t23-/m0/s1. The minimum Gasteiger partial charge on any atom is -0.373 e. The van der Waals surface area contributed by atoms with Gasteiger partial charge in [0.25, 0.3) is 0 Å². The Morgan fingerprint density at radius 2 is 1.92 bits per heavy atom. The van der Waals surface area contributed by atoms with Crippen molar-refractivity contribution in [2.45, 2.75) is 13.0 Å². The Morgan fingerprint density at radius 1 is 1.06 bits per heavy atom. The Balaban J connectivity index is 1.60. The topological polar surface area (TPSA) is 123 Å². The molecule has 1 atom stereocenters. The zero-order valence-corrected chi connectivity index (χ0v) is 20.2. The molecule has 0 saturated heterocycles. The van der Waals surface area contributed by atoms with Crippen LogP contribution < -0.4 is 27.0 Å². The number of nitrogens with one attached hydrogen (secondary N) is 5. The fourth-order valence-corrected chi connectivity index (χ4v) is 4.24. The lowest BCUT2D eigenvalue weighted by molar-refractivity contribution is 0.583. The Morgan fingerprint density at radius 3 is 2.64 bits per heavy atom. The number of fused-ring (bicyclic) bond motifs is 1. The second-order valence-electron chi connectivity index (χ2n) is 7.94. The third kappa shape index (κ3) is 4.67. The average Bonchev–Trinajstić information content (AvgIpc) is 3.40. The fraction of sp³-hybridized carbons (Fsp3) is 0.0833. The van der Waals surface area contributed by atoms with Crippen LogP contribution in [-0.4, -0.2) is 15.0 Å². The van der Waals surface area contributed by atoms with Crippen molar-refractivity contribution in [3.8, 4) is 6.07 Å². The zero-order chi connectivity index (χ0) is 25.2. The highest BCUT2D eigenvalue weighted by molar-refractivity contribution is 6.36. The van der Waals surface area contributed by atoms with E-state index in [1.54, 1.807) is 37.7 Å². The summed E-state index contributed by atoms with van der Waals surface area (Å²) in [6, 6.07) is 8.42. The third-order valence-electron chi connectivity index (χ3n) is 5.53. The van der Waals surface area contributed by atoms with E-state index in [2.05, 4.69) is 48.0 Å². The molecule has 3 aromatic heterocycles. The molecule has 0 saturated carbocycles. The lowest BCUT2D eigenvalue weighted by Gasteiger charge is -2.22. The molecular weight excluding hydrogens is 504 g/mol. The van der Waals surface area contributed by atoms with Crippen molar-refractivity contribution >= 4 is 51.2 Å². The molecule has 0 radical (unpaired) electrons. The van der Waals surface area contributed by atoms with Gasteiger partial charge in [0.15, 0.2) is 0 Å². The van der Waals surface area contributed by atoms with Gasteiger partial charge in [0, 0.05) is 47.5 Å². The summed E-state index contributed by atoms with van der Waals surface area (Å²) in [6.07, 6.45) is 7.94. The monoisotopic (exact) mass is 521 g/mol. The van der Waals surface area contributed by atoms with Crippen LogP contribution in [0.1, 0.15) is 22.9 Å². The van der Waals surface area contributed by atoms with Crippen molar-refractivity contribution in [3.63, 3.8) is 0 Å². The first-order valence-corrected chi connectivity index (χ1v) is 11.4. The molecule has 5 N–H and O–H groups in total. The number of rotatable bonds is 6. The van der Waals surface area contributed by atoms with Crippen molar-refractivity contribution in [2.75, 3.05) is 10.6 Å². The molecule has 0 fully saturated rings. The molecule has 0 aliphatic carbocycles. The van der Waals surface area contributed by atoms with Gasteiger partial charge in [0.2, 0.25) is 0 Å². The van der Waals surface area contributed by atoms with Crippen molar-refractivity contribution in [2.24, 2.45) is 0 Å². The van der Waals surface area contributed by atoms with Crippen molar-refractivity contribution in [1.82, 2.24) is 31.3 Å². The Labute approximate surface area is 215 Å². The molecule has 4 heterocycles. The molecular formula is C24H18Cl2FN9. The van der Waals surface area contributed by atoms with Crippen molar-refractivity contribution in [3.05, 3.63) is 93.6 Å². The molecule has 12 heteroatoms. The third-order valence-corrected chi connectivity index (χ3v) is 6.02. The summed E-state index contributed by atoms with van der Waals surface area (Å²) >= 11 is 12.8. The summed E-state index contributed by atoms with van der Waals surface area (Å²) in [5.74, 6) is -0.463. The van der Waals surface area contributed by atoms with Crippen LogP contribution in [0.5, 0.6) is 0 Å². The summed E-state index contributed by atoms with van der Waals surface area (Å²) in [7, 11) is 0. The highest BCUT2D eigenvalue weighted by atomic mass is 35.5. The number of aromatic nitrogens is 3. The predicted molar refractivity (Wildman–Crippen MR) is 137 cm³/mol. The maximum Gasteiger partial charge on any atom is 0.146 e. The number of benzene rings is 1. The number of pyridine rings is 3. The fourth-order valence-electron chi connectivity index (χ4n) is 3.79. The first kappa shape index (κ1) is 23.6. The number of anilines is 3. The maximum atomic E-state index is 14.1. The van der Waals surface area contributed by atoms with Crippen LogP contribution in [-0.2, 0) is 0 Å². The van der Waals surface area contributed by atoms with Crippen molar-refractivity contribution < 1.29 is 4.39 Å². The zero-order valence-electron chi connectivity index (χ0n) is 18.7. The van der Waals surface area contributed by atoms with Gasteiger partial charge in [-0.1, -0.05) is 23.2 Å². The minimum atomic E-state index is -0.463. The molecule has 0 unspecified atom stereocenters. The lowest BCUT2D eigenvalue weighted by atomic mass is 10.0.